The van der Waals surface area contributed by atoms with Gasteiger partial charge in [0, 0.05) is 4.88 Å². The number of carbonyl (C=O) groups is 1. The number of rotatable bonds is 5. The van der Waals surface area contributed by atoms with Crippen molar-refractivity contribution in [2.24, 2.45) is 0 Å². The van der Waals surface area contributed by atoms with Crippen molar-refractivity contribution < 1.29 is 9.90 Å². The normalized spacial score (nSPS) is 18.7. The van der Waals surface area contributed by atoms with Gasteiger partial charge in [-0.05, 0) is 60.0 Å². The Morgan fingerprint density at radius 3 is 2.39 bits per heavy atom. The molecule has 3 nitrogen and oxygen atoms in total. The van der Waals surface area contributed by atoms with Crippen molar-refractivity contribution in [1.29, 1.82) is 0 Å². The van der Waals surface area contributed by atoms with E-state index in [0.29, 0.717) is 0 Å². The summed E-state index contributed by atoms with van der Waals surface area (Å²) in [6, 6.07) is 20.7. The standard InChI is InChI=1S/C24H25NO2S/c1-17-14-16-28-23(17)22(25-15-6-5-9-21(25)24(26)27)20-12-10-19(11-13-20)18-7-3-2-4-8-18/h2-4,7-8,10-14,16,21-22H,5-6,9,15H2,1H3,(H,26,27). The smallest absolute Gasteiger partial charge is 0.320 e. The molecule has 1 aromatic heterocycles. The zero-order chi connectivity index (χ0) is 19.5. The first kappa shape index (κ1) is 18.9. The lowest BCUT2D eigenvalue weighted by Crippen LogP contribution is -2.46. The van der Waals surface area contributed by atoms with Crippen molar-refractivity contribution in [2.75, 3.05) is 6.54 Å². The second-order valence-electron chi connectivity index (χ2n) is 7.45. The maximum Gasteiger partial charge on any atom is 0.320 e. The molecule has 2 unspecified atom stereocenters. The number of aliphatic carboxylic acids is 1. The molecular weight excluding hydrogens is 366 g/mol. The van der Waals surface area contributed by atoms with Crippen molar-refractivity contribution in [2.45, 2.75) is 38.3 Å². The molecule has 1 aliphatic rings. The average Bonchev–Trinajstić information content (AvgIpc) is 3.15. The fraction of sp³-hybridized carbons (Fsp3) is 0.292. The molecule has 3 aromatic rings. The highest BCUT2D eigenvalue weighted by Gasteiger charge is 2.36. The van der Waals surface area contributed by atoms with Crippen LogP contribution in [-0.4, -0.2) is 28.6 Å². The van der Waals surface area contributed by atoms with Gasteiger partial charge in [-0.1, -0.05) is 61.0 Å². The monoisotopic (exact) mass is 391 g/mol. The van der Waals surface area contributed by atoms with E-state index in [9.17, 15) is 9.90 Å². The number of benzene rings is 2. The van der Waals surface area contributed by atoms with E-state index in [-0.39, 0.29) is 6.04 Å². The topological polar surface area (TPSA) is 40.5 Å². The highest BCUT2D eigenvalue weighted by molar-refractivity contribution is 7.10. The largest absolute Gasteiger partial charge is 0.480 e. The molecule has 0 bridgehead atoms. The van der Waals surface area contributed by atoms with Gasteiger partial charge < -0.3 is 5.11 Å². The molecule has 4 rings (SSSR count). The van der Waals surface area contributed by atoms with Crippen molar-refractivity contribution >= 4 is 17.3 Å². The zero-order valence-electron chi connectivity index (χ0n) is 16.0. The first-order valence-electron chi connectivity index (χ1n) is 9.83. The summed E-state index contributed by atoms with van der Waals surface area (Å²) >= 11 is 1.73. The molecule has 0 spiro atoms. The number of carboxylic acids is 1. The van der Waals surface area contributed by atoms with Gasteiger partial charge in [-0.2, -0.15) is 0 Å². The fourth-order valence-electron chi connectivity index (χ4n) is 4.17. The second-order valence-corrected chi connectivity index (χ2v) is 8.39. The molecule has 4 heteroatoms. The first-order chi connectivity index (χ1) is 13.6. The van der Waals surface area contributed by atoms with E-state index >= 15 is 0 Å². The van der Waals surface area contributed by atoms with Gasteiger partial charge in [-0.3, -0.25) is 9.69 Å². The Labute approximate surface area is 170 Å². The van der Waals surface area contributed by atoms with Gasteiger partial charge in [0.05, 0.1) is 6.04 Å². The maximum atomic E-state index is 12.0. The lowest BCUT2D eigenvalue weighted by molar-refractivity contribution is -0.145. The molecule has 144 valence electrons. The SMILES string of the molecule is Cc1ccsc1C(c1ccc(-c2ccccc2)cc1)N1CCCCC1C(=O)O. The molecule has 1 saturated heterocycles. The van der Waals surface area contributed by atoms with Gasteiger partial charge in [0.25, 0.3) is 0 Å². The number of hydrogen-bond donors (Lipinski definition) is 1. The van der Waals surface area contributed by atoms with Crippen LogP contribution in [0, 0.1) is 6.92 Å². The van der Waals surface area contributed by atoms with Crippen LogP contribution in [0.4, 0.5) is 0 Å². The van der Waals surface area contributed by atoms with Crippen molar-refractivity contribution in [3.63, 3.8) is 0 Å². The van der Waals surface area contributed by atoms with Crippen LogP contribution in [0.25, 0.3) is 11.1 Å². The van der Waals surface area contributed by atoms with Gasteiger partial charge >= 0.3 is 5.97 Å². The van der Waals surface area contributed by atoms with E-state index in [1.54, 1.807) is 11.3 Å². The lowest BCUT2D eigenvalue weighted by Gasteiger charge is -2.39. The van der Waals surface area contributed by atoms with Gasteiger partial charge in [0.15, 0.2) is 0 Å². The van der Waals surface area contributed by atoms with Crippen molar-refractivity contribution in [3.8, 4) is 11.1 Å². The third-order valence-corrected chi connectivity index (χ3v) is 6.72. The summed E-state index contributed by atoms with van der Waals surface area (Å²) in [6.07, 6.45) is 2.75. The summed E-state index contributed by atoms with van der Waals surface area (Å²) in [6.45, 7) is 2.94. The maximum absolute atomic E-state index is 12.0. The van der Waals surface area contributed by atoms with Crippen LogP contribution in [0.1, 0.15) is 41.3 Å². The Hall–Kier alpha value is -2.43. The highest BCUT2D eigenvalue weighted by Crippen LogP contribution is 2.38. The number of likely N-dealkylation sites (tertiary alicyclic amines) is 1. The zero-order valence-corrected chi connectivity index (χ0v) is 16.9. The van der Waals surface area contributed by atoms with Crippen LogP contribution in [0.15, 0.2) is 66.0 Å². The Morgan fingerprint density at radius 1 is 1.04 bits per heavy atom. The molecule has 2 aromatic carbocycles. The van der Waals surface area contributed by atoms with E-state index in [1.807, 2.05) is 18.2 Å². The minimum absolute atomic E-state index is 0.00813. The Morgan fingerprint density at radius 2 is 1.75 bits per heavy atom. The quantitative estimate of drug-likeness (QED) is 0.602. The van der Waals surface area contributed by atoms with Crippen LogP contribution in [-0.2, 0) is 4.79 Å². The summed E-state index contributed by atoms with van der Waals surface area (Å²) in [5.41, 5.74) is 4.77. The van der Waals surface area contributed by atoms with Gasteiger partial charge in [-0.15, -0.1) is 11.3 Å². The minimum atomic E-state index is -0.709. The number of nitrogens with zero attached hydrogens (tertiary/aromatic N) is 1. The number of thiophene rings is 1. The minimum Gasteiger partial charge on any atom is -0.480 e. The van der Waals surface area contributed by atoms with E-state index < -0.39 is 12.0 Å². The summed E-state index contributed by atoms with van der Waals surface area (Å²) in [4.78, 5) is 15.4. The fourth-order valence-corrected chi connectivity index (χ4v) is 5.25. The van der Waals surface area contributed by atoms with Crippen LogP contribution >= 0.6 is 11.3 Å². The molecule has 0 radical (unpaired) electrons. The van der Waals surface area contributed by atoms with Crippen LogP contribution < -0.4 is 0 Å². The lowest BCUT2D eigenvalue weighted by atomic mass is 9.93. The number of carboxylic acid groups (broad SMARTS) is 1. The summed E-state index contributed by atoms with van der Waals surface area (Å²) in [5.74, 6) is -0.709. The van der Waals surface area contributed by atoms with Crippen LogP contribution in [0.2, 0.25) is 0 Å². The third-order valence-electron chi connectivity index (χ3n) is 5.64. The number of hydrogen-bond acceptors (Lipinski definition) is 3. The van der Waals surface area contributed by atoms with Crippen molar-refractivity contribution in [3.05, 3.63) is 82.0 Å². The van der Waals surface area contributed by atoms with Crippen LogP contribution in [0.5, 0.6) is 0 Å². The van der Waals surface area contributed by atoms with Crippen LogP contribution in [0.3, 0.4) is 0 Å². The molecule has 0 amide bonds. The number of piperidine rings is 1. The molecular formula is C24H25NO2S. The molecule has 1 fully saturated rings. The predicted octanol–water partition coefficient (Wildman–Crippen LogP) is 5.75. The Balaban J connectivity index is 1.74. The number of aryl methyl sites for hydroxylation is 1. The van der Waals surface area contributed by atoms with Gasteiger partial charge in [-0.25, -0.2) is 0 Å². The first-order valence-corrected chi connectivity index (χ1v) is 10.7. The summed E-state index contributed by atoms with van der Waals surface area (Å²) in [5, 5.41) is 11.9. The summed E-state index contributed by atoms with van der Waals surface area (Å²) in [7, 11) is 0. The average molecular weight is 392 g/mol. The van der Waals surface area contributed by atoms with E-state index in [0.717, 1.165) is 25.8 Å². The molecule has 2 heterocycles. The summed E-state index contributed by atoms with van der Waals surface area (Å²) < 4.78 is 0. The van der Waals surface area contributed by atoms with Gasteiger partial charge in [0.1, 0.15) is 6.04 Å². The Kier molecular flexibility index (Phi) is 5.60. The molecule has 28 heavy (non-hydrogen) atoms. The predicted molar refractivity (Wildman–Crippen MR) is 115 cm³/mol. The third kappa shape index (κ3) is 3.75. The van der Waals surface area contributed by atoms with E-state index in [2.05, 4.69) is 59.7 Å². The molecule has 0 aliphatic carbocycles. The molecule has 0 saturated carbocycles. The van der Waals surface area contributed by atoms with Crippen molar-refractivity contribution in [1.82, 2.24) is 4.90 Å². The van der Waals surface area contributed by atoms with E-state index in [1.165, 1.54) is 27.1 Å². The second kappa shape index (κ2) is 8.29. The molecule has 1 N–H and O–H groups in total. The van der Waals surface area contributed by atoms with E-state index in [4.69, 9.17) is 0 Å². The Bertz CT molecular complexity index is 933. The van der Waals surface area contributed by atoms with Gasteiger partial charge in [0.2, 0.25) is 0 Å². The molecule has 1 aliphatic heterocycles. The molecule has 2 atom stereocenters. The highest BCUT2D eigenvalue weighted by atomic mass is 32.1.